The van der Waals surface area contributed by atoms with Crippen molar-refractivity contribution >= 4 is 11.8 Å². The first kappa shape index (κ1) is 24.2. The molecule has 0 fully saturated rings. The Morgan fingerprint density at radius 2 is 1.25 bits per heavy atom. The van der Waals surface area contributed by atoms with Crippen LogP contribution in [0.25, 0.3) is 0 Å². The van der Waals surface area contributed by atoms with Crippen LogP contribution in [0.1, 0.15) is 68.2 Å². The molecule has 0 saturated heterocycles. The summed E-state index contributed by atoms with van der Waals surface area (Å²) in [6, 6.07) is 0. The standard InChI is InChI=1S/C19H43N3OS/c1-16(24-9)23-15-14-22-19(7,8)11-10-18(5,6)21-13-12-20-17(2,3)4/h16,20-22H,10-15H2,1-9H3. The van der Waals surface area contributed by atoms with Gasteiger partial charge in [0, 0.05) is 36.3 Å². The van der Waals surface area contributed by atoms with Gasteiger partial charge in [-0.25, -0.2) is 0 Å². The Labute approximate surface area is 155 Å². The number of hydrogen-bond donors (Lipinski definition) is 3. The highest BCUT2D eigenvalue weighted by atomic mass is 32.2. The average molecular weight is 362 g/mol. The molecule has 0 amide bonds. The lowest BCUT2D eigenvalue weighted by Gasteiger charge is -2.33. The molecule has 0 aliphatic carbocycles. The molecule has 0 aromatic carbocycles. The van der Waals surface area contributed by atoms with E-state index in [4.69, 9.17) is 4.74 Å². The minimum absolute atomic E-state index is 0.133. The van der Waals surface area contributed by atoms with Crippen LogP contribution in [0.3, 0.4) is 0 Å². The first-order chi connectivity index (χ1) is 10.9. The molecule has 0 aliphatic heterocycles. The molecule has 0 aliphatic rings. The fraction of sp³-hybridized carbons (Fsp3) is 1.00. The maximum absolute atomic E-state index is 5.71. The van der Waals surface area contributed by atoms with Gasteiger partial charge in [-0.1, -0.05) is 0 Å². The molecule has 0 saturated carbocycles. The monoisotopic (exact) mass is 361 g/mol. The summed E-state index contributed by atoms with van der Waals surface area (Å²) in [5, 5.41) is 10.8. The van der Waals surface area contributed by atoms with E-state index in [0.717, 1.165) is 39.1 Å². The van der Waals surface area contributed by atoms with Gasteiger partial charge in [0.25, 0.3) is 0 Å². The van der Waals surface area contributed by atoms with Gasteiger partial charge in [-0.3, -0.25) is 0 Å². The zero-order chi connectivity index (χ0) is 18.9. The number of rotatable bonds is 13. The molecule has 0 spiro atoms. The van der Waals surface area contributed by atoms with Crippen LogP contribution >= 0.6 is 11.8 Å². The summed E-state index contributed by atoms with van der Waals surface area (Å²) < 4.78 is 5.71. The van der Waals surface area contributed by atoms with Crippen LogP contribution in [-0.4, -0.2) is 54.5 Å². The van der Waals surface area contributed by atoms with E-state index in [1.807, 2.05) is 0 Å². The lowest BCUT2D eigenvalue weighted by atomic mass is 9.89. The minimum Gasteiger partial charge on any atom is -0.367 e. The van der Waals surface area contributed by atoms with E-state index in [1.54, 1.807) is 11.8 Å². The summed E-state index contributed by atoms with van der Waals surface area (Å²) in [5.74, 6) is 0. The van der Waals surface area contributed by atoms with Crippen molar-refractivity contribution in [2.75, 3.05) is 32.5 Å². The summed E-state index contributed by atoms with van der Waals surface area (Å²) in [6.07, 6.45) is 4.36. The van der Waals surface area contributed by atoms with Gasteiger partial charge in [0.2, 0.25) is 0 Å². The van der Waals surface area contributed by atoms with Crippen LogP contribution in [0, 0.1) is 0 Å². The highest BCUT2D eigenvalue weighted by molar-refractivity contribution is 7.99. The Kier molecular flexibility index (Phi) is 11.1. The summed E-state index contributed by atoms with van der Waals surface area (Å²) in [5.41, 5.74) is 0.754. The van der Waals surface area contributed by atoms with Crippen LogP contribution < -0.4 is 16.0 Å². The molecule has 0 aromatic rings. The predicted octanol–water partition coefficient (Wildman–Crippen LogP) is 3.62. The normalized spacial score (nSPS) is 14.9. The molecule has 3 N–H and O–H groups in total. The smallest absolute Gasteiger partial charge is 0.0997 e. The lowest BCUT2D eigenvalue weighted by Crippen LogP contribution is -2.48. The van der Waals surface area contributed by atoms with Gasteiger partial charge in [0.1, 0.15) is 0 Å². The highest BCUT2D eigenvalue weighted by Crippen LogP contribution is 2.19. The molecule has 0 bridgehead atoms. The Balaban J connectivity index is 3.96. The number of nitrogens with one attached hydrogen (secondary N) is 3. The molecular formula is C19H43N3OS. The van der Waals surface area contributed by atoms with Crippen molar-refractivity contribution < 1.29 is 4.74 Å². The van der Waals surface area contributed by atoms with E-state index in [0.29, 0.717) is 0 Å². The van der Waals surface area contributed by atoms with Gasteiger partial charge < -0.3 is 20.7 Å². The molecule has 0 heterocycles. The average Bonchev–Trinajstić information content (AvgIpc) is 2.45. The first-order valence-electron chi connectivity index (χ1n) is 9.26. The van der Waals surface area contributed by atoms with Crippen LogP contribution in [0.2, 0.25) is 0 Å². The molecule has 0 aromatic heterocycles. The summed E-state index contributed by atoms with van der Waals surface area (Å²) >= 11 is 1.74. The maximum atomic E-state index is 5.71. The highest BCUT2D eigenvalue weighted by Gasteiger charge is 2.23. The zero-order valence-corrected chi connectivity index (χ0v) is 18.5. The third kappa shape index (κ3) is 14.5. The Hall–Kier alpha value is 0.190. The van der Waals surface area contributed by atoms with Crippen molar-refractivity contribution in [2.24, 2.45) is 0 Å². The van der Waals surface area contributed by atoms with Gasteiger partial charge in [-0.05, 0) is 74.5 Å². The SMILES string of the molecule is CSC(C)OCCNC(C)(C)CCC(C)(C)NCCNC(C)(C)C. The second-order valence-electron chi connectivity index (χ2n) is 8.97. The van der Waals surface area contributed by atoms with Gasteiger partial charge in [-0.2, -0.15) is 0 Å². The molecule has 1 atom stereocenters. The summed E-state index contributed by atoms with van der Waals surface area (Å²) in [6.45, 7) is 21.5. The number of hydrogen-bond acceptors (Lipinski definition) is 5. The fourth-order valence-electron chi connectivity index (χ4n) is 2.32. The van der Waals surface area contributed by atoms with Crippen molar-refractivity contribution in [3.63, 3.8) is 0 Å². The minimum atomic E-state index is 0.133. The molecule has 0 radical (unpaired) electrons. The van der Waals surface area contributed by atoms with E-state index in [1.165, 1.54) is 0 Å². The van der Waals surface area contributed by atoms with E-state index in [9.17, 15) is 0 Å². The van der Waals surface area contributed by atoms with Crippen molar-refractivity contribution in [1.82, 2.24) is 16.0 Å². The molecule has 146 valence electrons. The topological polar surface area (TPSA) is 45.3 Å². The molecule has 24 heavy (non-hydrogen) atoms. The van der Waals surface area contributed by atoms with Crippen LogP contribution in [0.5, 0.6) is 0 Å². The molecule has 0 rings (SSSR count). The van der Waals surface area contributed by atoms with E-state index < -0.39 is 0 Å². The lowest BCUT2D eigenvalue weighted by molar-refractivity contribution is 0.119. The zero-order valence-electron chi connectivity index (χ0n) is 17.6. The molecular weight excluding hydrogens is 318 g/mol. The van der Waals surface area contributed by atoms with Crippen LogP contribution in [-0.2, 0) is 4.74 Å². The van der Waals surface area contributed by atoms with Crippen LogP contribution in [0.4, 0.5) is 0 Å². The molecule has 1 unspecified atom stereocenters. The quantitative estimate of drug-likeness (QED) is 0.345. The van der Waals surface area contributed by atoms with Gasteiger partial charge in [0.05, 0.1) is 12.0 Å². The van der Waals surface area contributed by atoms with E-state index in [-0.39, 0.29) is 22.1 Å². The first-order valence-corrected chi connectivity index (χ1v) is 10.6. The second kappa shape index (κ2) is 11.0. The second-order valence-corrected chi connectivity index (χ2v) is 10.1. The van der Waals surface area contributed by atoms with Gasteiger partial charge in [-0.15, -0.1) is 11.8 Å². The van der Waals surface area contributed by atoms with Crippen molar-refractivity contribution in [2.45, 2.75) is 90.3 Å². The third-order valence-electron chi connectivity index (χ3n) is 4.15. The van der Waals surface area contributed by atoms with Crippen LogP contribution in [0.15, 0.2) is 0 Å². The van der Waals surface area contributed by atoms with Crippen molar-refractivity contribution in [1.29, 1.82) is 0 Å². The maximum Gasteiger partial charge on any atom is 0.0997 e. The van der Waals surface area contributed by atoms with Gasteiger partial charge in [0.15, 0.2) is 0 Å². The molecule has 5 heteroatoms. The summed E-state index contributed by atoms with van der Waals surface area (Å²) in [4.78, 5) is 0. The van der Waals surface area contributed by atoms with Crippen molar-refractivity contribution in [3.8, 4) is 0 Å². The predicted molar refractivity (Wildman–Crippen MR) is 110 cm³/mol. The third-order valence-corrected chi connectivity index (χ3v) is 4.95. The summed E-state index contributed by atoms with van der Waals surface area (Å²) in [7, 11) is 0. The van der Waals surface area contributed by atoms with E-state index >= 15 is 0 Å². The Bertz CT molecular complexity index is 327. The van der Waals surface area contributed by atoms with Crippen molar-refractivity contribution in [3.05, 3.63) is 0 Å². The fourth-order valence-corrected chi connectivity index (χ4v) is 2.55. The Morgan fingerprint density at radius 1 is 0.792 bits per heavy atom. The number of ether oxygens (including phenoxy) is 1. The van der Waals surface area contributed by atoms with Gasteiger partial charge >= 0.3 is 0 Å². The Morgan fingerprint density at radius 3 is 1.71 bits per heavy atom. The largest absolute Gasteiger partial charge is 0.367 e. The molecule has 4 nitrogen and oxygen atoms in total. The van der Waals surface area contributed by atoms with E-state index in [2.05, 4.69) is 77.6 Å². The number of thioether (sulfide) groups is 1.